The number of nitrogens with zero attached hydrogens (tertiary/aromatic N) is 2. The van der Waals surface area contributed by atoms with E-state index < -0.39 is 6.16 Å². The van der Waals surface area contributed by atoms with Gasteiger partial charge in [-0.3, -0.25) is 4.79 Å². The molecule has 0 atom stereocenters. The zero-order valence-electron chi connectivity index (χ0n) is 42.4. The molecular formula is C54H110N2O5. The summed E-state index contributed by atoms with van der Waals surface area (Å²) in [5.74, 6) is 0.407. The van der Waals surface area contributed by atoms with E-state index in [1.807, 2.05) is 13.8 Å². The van der Waals surface area contributed by atoms with Crippen LogP contribution in [0, 0.1) is 0 Å². The number of carbonyl (C=O) groups is 2. The lowest BCUT2D eigenvalue weighted by Gasteiger charge is -2.23. The van der Waals surface area contributed by atoms with E-state index in [1.54, 1.807) is 0 Å². The molecule has 1 amide bonds. The largest absolute Gasteiger partial charge is 0.508 e. The van der Waals surface area contributed by atoms with Gasteiger partial charge >= 0.3 is 6.16 Å². The molecule has 0 heterocycles. The molecule has 0 aromatic rings. The highest BCUT2D eigenvalue weighted by molar-refractivity contribution is 5.76. The molecule has 0 unspecified atom stereocenters. The van der Waals surface area contributed by atoms with Gasteiger partial charge in [0.1, 0.15) is 6.10 Å². The van der Waals surface area contributed by atoms with Crippen LogP contribution in [0.1, 0.15) is 286 Å². The molecule has 7 nitrogen and oxygen atoms in total. The topological polar surface area (TPSA) is 79.3 Å². The molecule has 7 heteroatoms. The number of hydrogen-bond acceptors (Lipinski definition) is 6. The predicted octanol–water partition coefficient (Wildman–Crippen LogP) is 16.6. The second-order valence-corrected chi connectivity index (χ2v) is 18.1. The maximum absolute atomic E-state index is 13.4. The molecule has 1 N–H and O–H groups in total. The number of aliphatic hydroxyl groups is 1. The molecule has 0 aromatic heterocycles. The molecule has 0 saturated carbocycles. The molecule has 0 aliphatic rings. The molecule has 0 rings (SSSR count). The van der Waals surface area contributed by atoms with Crippen molar-refractivity contribution >= 4 is 12.1 Å². The second-order valence-electron chi connectivity index (χ2n) is 18.1. The van der Waals surface area contributed by atoms with Crippen molar-refractivity contribution in [3.63, 3.8) is 0 Å². The van der Waals surface area contributed by atoms with E-state index in [-0.39, 0.29) is 6.10 Å². The molecule has 0 aliphatic heterocycles. The number of unbranched alkanes of at least 4 members (excludes halogenated alkanes) is 28. The Morgan fingerprint density at radius 2 is 0.770 bits per heavy atom. The smallest absolute Gasteiger partial charge is 0.434 e. The average molecular weight is 867 g/mol. The van der Waals surface area contributed by atoms with Crippen LogP contribution in [-0.4, -0.2) is 79.0 Å². The van der Waals surface area contributed by atoms with Crippen LogP contribution in [0.2, 0.25) is 0 Å². The van der Waals surface area contributed by atoms with Gasteiger partial charge in [-0.25, -0.2) is 4.79 Å². The zero-order chi connectivity index (χ0) is 45.1. The maximum atomic E-state index is 13.4. The van der Waals surface area contributed by atoms with Crippen LogP contribution in [0.25, 0.3) is 0 Å². The highest BCUT2D eigenvalue weighted by Crippen LogP contribution is 2.16. The van der Waals surface area contributed by atoms with Crippen molar-refractivity contribution in [1.82, 2.24) is 9.80 Å². The first-order valence-electron chi connectivity index (χ1n) is 27.5. The molecule has 366 valence electrons. The fourth-order valence-electron chi connectivity index (χ4n) is 8.27. The van der Waals surface area contributed by atoms with Gasteiger partial charge in [-0.1, -0.05) is 208 Å². The fraction of sp³-hybridized carbons (Fsp3) is 0.963. The molecular weight excluding hydrogens is 757 g/mol. The fourth-order valence-corrected chi connectivity index (χ4v) is 8.27. The Bertz CT molecular complexity index is 829. The highest BCUT2D eigenvalue weighted by Gasteiger charge is 2.15. The predicted molar refractivity (Wildman–Crippen MR) is 266 cm³/mol. The molecule has 0 radical (unpaired) electrons. The van der Waals surface area contributed by atoms with Gasteiger partial charge in [0.2, 0.25) is 5.91 Å². The Balaban J connectivity index is 0. The maximum Gasteiger partial charge on any atom is 0.508 e. The monoisotopic (exact) mass is 867 g/mol. The average Bonchev–Trinajstić information content (AvgIpc) is 3.27. The van der Waals surface area contributed by atoms with E-state index in [9.17, 15) is 14.7 Å². The normalized spacial score (nSPS) is 11.3. The second kappa shape index (κ2) is 53.0. The Morgan fingerprint density at radius 1 is 0.426 bits per heavy atom. The van der Waals surface area contributed by atoms with Crippen molar-refractivity contribution in [1.29, 1.82) is 0 Å². The first-order chi connectivity index (χ1) is 30.0. The number of rotatable bonds is 48. The van der Waals surface area contributed by atoms with E-state index in [1.165, 1.54) is 180 Å². The minimum atomic E-state index is -0.481. The van der Waals surface area contributed by atoms with E-state index in [0.717, 1.165) is 96.7 Å². The zero-order valence-corrected chi connectivity index (χ0v) is 42.4. The minimum Gasteiger partial charge on any atom is -0.434 e. The third kappa shape index (κ3) is 46.5. The Hall–Kier alpha value is -1.34. The quantitative estimate of drug-likeness (QED) is 0.0485. The van der Waals surface area contributed by atoms with Gasteiger partial charge < -0.3 is 24.4 Å². The van der Waals surface area contributed by atoms with Crippen LogP contribution < -0.4 is 0 Å². The van der Waals surface area contributed by atoms with Crippen LogP contribution in [0.5, 0.6) is 0 Å². The van der Waals surface area contributed by atoms with Crippen LogP contribution in [0.4, 0.5) is 4.79 Å². The summed E-state index contributed by atoms with van der Waals surface area (Å²) in [4.78, 5) is 30.4. The minimum absolute atomic E-state index is 0.00640. The summed E-state index contributed by atoms with van der Waals surface area (Å²) in [6.07, 6.45) is 45.0. The highest BCUT2D eigenvalue weighted by atomic mass is 16.7. The summed E-state index contributed by atoms with van der Waals surface area (Å²) in [6, 6.07) is 0. The van der Waals surface area contributed by atoms with E-state index in [2.05, 4.69) is 37.5 Å². The van der Waals surface area contributed by atoms with Crippen molar-refractivity contribution in [3.8, 4) is 0 Å². The van der Waals surface area contributed by atoms with Crippen molar-refractivity contribution in [2.24, 2.45) is 0 Å². The molecule has 0 fully saturated rings. The number of ether oxygens (including phenoxy) is 2. The first-order valence-corrected chi connectivity index (χ1v) is 27.5. The summed E-state index contributed by atoms with van der Waals surface area (Å²) in [7, 11) is 0. The number of carbonyl (C=O) groups excluding carboxylic acids is 2. The van der Waals surface area contributed by atoms with E-state index >= 15 is 0 Å². The SMILES string of the molecule is CC.CCCCCCCCCCN(CCCCCCCCCC)C(=O)CCCCCCCN(CCCCCO)CCCCCCCCCOC(=O)OC(CCCC)CCCC. The lowest BCUT2D eigenvalue weighted by Crippen LogP contribution is -2.32. The molecule has 0 aromatic carbocycles. The molecule has 0 spiro atoms. The number of aliphatic hydroxyl groups excluding tert-OH is 1. The van der Waals surface area contributed by atoms with Crippen LogP contribution >= 0.6 is 0 Å². The molecule has 0 bridgehead atoms. The van der Waals surface area contributed by atoms with Gasteiger partial charge in [-0.2, -0.15) is 0 Å². The van der Waals surface area contributed by atoms with E-state index in [0.29, 0.717) is 19.1 Å². The van der Waals surface area contributed by atoms with Crippen LogP contribution in [0.3, 0.4) is 0 Å². The van der Waals surface area contributed by atoms with Gasteiger partial charge in [0.25, 0.3) is 0 Å². The van der Waals surface area contributed by atoms with Gasteiger partial charge in [-0.15, -0.1) is 0 Å². The Kier molecular flexibility index (Phi) is 53.7. The molecule has 0 saturated heterocycles. The van der Waals surface area contributed by atoms with Crippen molar-refractivity contribution in [2.45, 2.75) is 292 Å². The number of amides is 1. The Labute approximate surface area is 382 Å². The van der Waals surface area contributed by atoms with Gasteiger partial charge in [0.15, 0.2) is 0 Å². The molecule has 0 aliphatic carbocycles. The van der Waals surface area contributed by atoms with Crippen molar-refractivity contribution < 1.29 is 24.2 Å². The Morgan fingerprint density at radius 3 is 1.18 bits per heavy atom. The molecule has 61 heavy (non-hydrogen) atoms. The first kappa shape index (κ1) is 61.7. The van der Waals surface area contributed by atoms with Gasteiger partial charge in [-0.05, 0) is 90.3 Å². The number of hydrogen-bond donors (Lipinski definition) is 1. The third-order valence-corrected chi connectivity index (χ3v) is 12.3. The van der Waals surface area contributed by atoms with Gasteiger partial charge in [0, 0.05) is 26.1 Å². The summed E-state index contributed by atoms with van der Waals surface area (Å²) in [6.45, 7) is 19.1. The van der Waals surface area contributed by atoms with E-state index in [4.69, 9.17) is 9.47 Å². The standard InChI is InChI=1S/C52H104N2O5.C2H6/c1-5-9-13-15-17-21-28-36-46-54(47-37-29-22-18-16-14-10-6-2)51(56)42-32-25-24-27-34-44-53(45-35-31-38-48-55)43-33-26-20-19-23-30-39-49-58-52(57)59-50(40-11-7-3)41-12-8-4;1-2/h50,55H,5-49H2,1-4H3;1-2H3. The van der Waals surface area contributed by atoms with Crippen LogP contribution in [0.15, 0.2) is 0 Å². The van der Waals surface area contributed by atoms with Crippen molar-refractivity contribution in [3.05, 3.63) is 0 Å². The summed E-state index contributed by atoms with van der Waals surface area (Å²) >= 11 is 0. The van der Waals surface area contributed by atoms with Gasteiger partial charge in [0.05, 0.1) is 6.61 Å². The van der Waals surface area contributed by atoms with Crippen molar-refractivity contribution in [2.75, 3.05) is 45.9 Å². The third-order valence-electron chi connectivity index (χ3n) is 12.3. The summed E-state index contributed by atoms with van der Waals surface area (Å²) in [5, 5.41) is 9.25. The summed E-state index contributed by atoms with van der Waals surface area (Å²) in [5.41, 5.74) is 0. The lowest BCUT2D eigenvalue weighted by molar-refractivity contribution is -0.131. The van der Waals surface area contributed by atoms with Crippen LogP contribution in [-0.2, 0) is 14.3 Å². The summed E-state index contributed by atoms with van der Waals surface area (Å²) < 4.78 is 11.0. The lowest BCUT2D eigenvalue weighted by atomic mass is 10.1.